The first-order valence-corrected chi connectivity index (χ1v) is 6.05. The van der Waals surface area contributed by atoms with E-state index in [1.807, 2.05) is 24.3 Å². The molecule has 94 valence electrons. The first-order valence-electron chi connectivity index (χ1n) is 5.68. The molecule has 0 unspecified atom stereocenters. The van der Waals surface area contributed by atoms with Gasteiger partial charge in [0.05, 0.1) is 10.9 Å². The lowest BCUT2D eigenvalue weighted by atomic mass is 9.85. The van der Waals surface area contributed by atoms with Gasteiger partial charge in [-0.05, 0) is 44.0 Å². The fourth-order valence-electron chi connectivity index (χ4n) is 1.90. The lowest BCUT2D eigenvalue weighted by Crippen LogP contribution is -2.26. The number of carboxylic acids is 1. The van der Waals surface area contributed by atoms with Crippen LogP contribution < -0.4 is 0 Å². The molecule has 3 nitrogen and oxygen atoms in total. The number of aliphatic carboxylic acids is 1. The van der Waals surface area contributed by atoms with Crippen molar-refractivity contribution < 1.29 is 9.90 Å². The first-order chi connectivity index (χ1) is 8.40. The van der Waals surface area contributed by atoms with Crippen LogP contribution in [0.25, 0.3) is 10.9 Å². The van der Waals surface area contributed by atoms with Gasteiger partial charge in [-0.1, -0.05) is 23.7 Å². The largest absolute Gasteiger partial charge is 0.481 e. The van der Waals surface area contributed by atoms with Gasteiger partial charge in [-0.25, -0.2) is 4.98 Å². The molecule has 0 fully saturated rings. The van der Waals surface area contributed by atoms with Crippen molar-refractivity contribution in [1.82, 2.24) is 4.98 Å². The summed E-state index contributed by atoms with van der Waals surface area (Å²) in [6, 6.07) is 9.29. The van der Waals surface area contributed by atoms with Crippen LogP contribution in [0.2, 0.25) is 5.15 Å². The second-order valence-corrected chi connectivity index (χ2v) is 5.37. The zero-order valence-corrected chi connectivity index (χ0v) is 11.0. The number of hydrogen-bond acceptors (Lipinski definition) is 2. The SMILES string of the molecule is CC(C)(Cc1cccc2nc(Cl)ccc12)C(=O)O. The van der Waals surface area contributed by atoms with E-state index in [1.54, 1.807) is 19.9 Å². The zero-order valence-electron chi connectivity index (χ0n) is 10.3. The highest BCUT2D eigenvalue weighted by molar-refractivity contribution is 6.29. The average molecular weight is 264 g/mol. The molecule has 0 radical (unpaired) electrons. The van der Waals surface area contributed by atoms with Crippen LogP contribution in [0.4, 0.5) is 0 Å². The normalized spacial score (nSPS) is 11.7. The van der Waals surface area contributed by atoms with Crippen molar-refractivity contribution in [2.45, 2.75) is 20.3 Å². The highest BCUT2D eigenvalue weighted by Crippen LogP contribution is 2.27. The van der Waals surface area contributed by atoms with E-state index in [4.69, 9.17) is 11.6 Å². The summed E-state index contributed by atoms with van der Waals surface area (Å²) in [5.41, 5.74) is 0.971. The van der Waals surface area contributed by atoms with Crippen LogP contribution >= 0.6 is 11.6 Å². The molecule has 1 aromatic carbocycles. The van der Waals surface area contributed by atoms with Crippen molar-refractivity contribution in [2.75, 3.05) is 0 Å². The molecule has 0 aliphatic carbocycles. The summed E-state index contributed by atoms with van der Waals surface area (Å²) in [6.45, 7) is 3.44. The van der Waals surface area contributed by atoms with Gasteiger partial charge in [-0.2, -0.15) is 0 Å². The summed E-state index contributed by atoms with van der Waals surface area (Å²) in [5, 5.41) is 10.6. The van der Waals surface area contributed by atoms with Crippen molar-refractivity contribution in [3.63, 3.8) is 0 Å². The van der Waals surface area contributed by atoms with E-state index >= 15 is 0 Å². The molecule has 0 bridgehead atoms. The third-order valence-corrected chi connectivity index (χ3v) is 3.21. The standard InChI is InChI=1S/C14H14ClNO2/c1-14(2,13(17)18)8-9-4-3-5-11-10(9)6-7-12(15)16-11/h3-7H,8H2,1-2H3,(H,17,18). The smallest absolute Gasteiger partial charge is 0.309 e. The fourth-order valence-corrected chi connectivity index (χ4v) is 2.05. The van der Waals surface area contributed by atoms with Gasteiger partial charge in [0.15, 0.2) is 0 Å². The van der Waals surface area contributed by atoms with E-state index in [1.165, 1.54) is 0 Å². The molecule has 0 saturated carbocycles. The Morgan fingerprint density at radius 2 is 2.06 bits per heavy atom. The van der Waals surface area contributed by atoms with Crippen LogP contribution in [0.1, 0.15) is 19.4 Å². The van der Waals surface area contributed by atoms with Gasteiger partial charge >= 0.3 is 5.97 Å². The lowest BCUT2D eigenvalue weighted by Gasteiger charge is -2.19. The molecular weight excluding hydrogens is 250 g/mol. The van der Waals surface area contributed by atoms with Gasteiger partial charge in [-0.3, -0.25) is 4.79 Å². The zero-order chi connectivity index (χ0) is 13.3. The van der Waals surface area contributed by atoms with Gasteiger partial charge in [-0.15, -0.1) is 0 Å². The molecule has 18 heavy (non-hydrogen) atoms. The number of nitrogens with zero attached hydrogens (tertiary/aromatic N) is 1. The predicted octanol–water partition coefficient (Wildman–Crippen LogP) is 3.54. The van der Waals surface area contributed by atoms with Crippen molar-refractivity contribution in [3.05, 3.63) is 41.0 Å². The van der Waals surface area contributed by atoms with E-state index in [-0.39, 0.29) is 0 Å². The number of fused-ring (bicyclic) bond motifs is 1. The number of carbonyl (C=O) groups is 1. The monoisotopic (exact) mass is 263 g/mol. The Hall–Kier alpha value is -1.61. The van der Waals surface area contributed by atoms with Crippen LogP contribution in [-0.4, -0.2) is 16.1 Å². The lowest BCUT2D eigenvalue weighted by molar-refractivity contribution is -0.146. The van der Waals surface area contributed by atoms with Crippen LogP contribution in [-0.2, 0) is 11.2 Å². The summed E-state index contributed by atoms with van der Waals surface area (Å²) in [4.78, 5) is 15.4. The van der Waals surface area contributed by atoms with Crippen molar-refractivity contribution in [3.8, 4) is 0 Å². The van der Waals surface area contributed by atoms with Crippen molar-refractivity contribution in [2.24, 2.45) is 5.41 Å². The van der Waals surface area contributed by atoms with E-state index in [0.717, 1.165) is 16.5 Å². The summed E-state index contributed by atoms with van der Waals surface area (Å²) in [6.07, 6.45) is 0.461. The molecule has 0 saturated heterocycles. The minimum atomic E-state index is -0.804. The fraction of sp³-hybridized carbons (Fsp3) is 0.286. The highest BCUT2D eigenvalue weighted by Gasteiger charge is 2.27. The molecule has 0 atom stereocenters. The molecule has 1 aromatic heterocycles. The van der Waals surface area contributed by atoms with Crippen LogP contribution in [0, 0.1) is 5.41 Å². The Balaban J connectivity index is 2.49. The van der Waals surface area contributed by atoms with Crippen LogP contribution in [0.15, 0.2) is 30.3 Å². The number of hydrogen-bond donors (Lipinski definition) is 1. The molecule has 0 spiro atoms. The van der Waals surface area contributed by atoms with E-state index in [0.29, 0.717) is 11.6 Å². The molecule has 0 amide bonds. The average Bonchev–Trinajstić information content (AvgIpc) is 2.28. The van der Waals surface area contributed by atoms with Crippen molar-refractivity contribution in [1.29, 1.82) is 0 Å². The van der Waals surface area contributed by atoms with Gasteiger partial charge in [0.1, 0.15) is 5.15 Å². The molecule has 4 heteroatoms. The van der Waals surface area contributed by atoms with Gasteiger partial charge < -0.3 is 5.11 Å². The molecular formula is C14H14ClNO2. The second kappa shape index (κ2) is 4.58. The summed E-state index contributed by atoms with van der Waals surface area (Å²) >= 11 is 5.85. The molecule has 2 aromatic rings. The van der Waals surface area contributed by atoms with Gasteiger partial charge in [0.25, 0.3) is 0 Å². The van der Waals surface area contributed by atoms with Crippen LogP contribution in [0.5, 0.6) is 0 Å². The number of benzene rings is 1. The molecule has 1 N–H and O–H groups in total. The quantitative estimate of drug-likeness (QED) is 0.862. The maximum atomic E-state index is 11.2. The Bertz CT molecular complexity index is 608. The summed E-state index contributed by atoms with van der Waals surface area (Å²) in [5.74, 6) is -0.804. The molecule has 0 aliphatic rings. The van der Waals surface area contributed by atoms with E-state index in [2.05, 4.69) is 4.98 Å². The summed E-state index contributed by atoms with van der Waals surface area (Å²) in [7, 11) is 0. The van der Waals surface area contributed by atoms with E-state index < -0.39 is 11.4 Å². The highest BCUT2D eigenvalue weighted by atomic mass is 35.5. The number of halogens is 1. The maximum absolute atomic E-state index is 11.2. The Labute approximate surface area is 110 Å². The number of pyridine rings is 1. The third-order valence-electron chi connectivity index (χ3n) is 3.00. The number of aromatic nitrogens is 1. The Morgan fingerprint density at radius 3 is 2.72 bits per heavy atom. The molecule has 0 aliphatic heterocycles. The molecule has 2 rings (SSSR count). The van der Waals surface area contributed by atoms with Crippen molar-refractivity contribution >= 4 is 28.5 Å². The minimum Gasteiger partial charge on any atom is -0.481 e. The molecule has 1 heterocycles. The topological polar surface area (TPSA) is 50.2 Å². The number of rotatable bonds is 3. The third kappa shape index (κ3) is 2.46. The number of carboxylic acid groups (broad SMARTS) is 1. The second-order valence-electron chi connectivity index (χ2n) is 4.98. The van der Waals surface area contributed by atoms with Crippen LogP contribution in [0.3, 0.4) is 0 Å². The minimum absolute atomic E-state index is 0.442. The summed E-state index contributed by atoms with van der Waals surface area (Å²) < 4.78 is 0. The predicted molar refractivity (Wildman–Crippen MR) is 71.9 cm³/mol. The first kappa shape index (κ1) is 12.8. The van der Waals surface area contributed by atoms with Gasteiger partial charge in [0.2, 0.25) is 0 Å². The van der Waals surface area contributed by atoms with Gasteiger partial charge in [0, 0.05) is 5.39 Å². The maximum Gasteiger partial charge on any atom is 0.309 e. The Kier molecular flexibility index (Phi) is 3.26. The van der Waals surface area contributed by atoms with E-state index in [9.17, 15) is 9.90 Å². The Morgan fingerprint density at radius 1 is 1.33 bits per heavy atom.